The van der Waals surface area contributed by atoms with Gasteiger partial charge in [-0.25, -0.2) is 0 Å². The topological polar surface area (TPSA) is 46.5 Å². The maximum Gasteiger partial charge on any atom is 0.303 e. The van der Waals surface area contributed by atoms with Gasteiger partial charge in [0.2, 0.25) is 0 Å². The lowest BCUT2D eigenvalue weighted by atomic mass is 10.0. The molecule has 1 aliphatic rings. The van der Waals surface area contributed by atoms with E-state index in [9.17, 15) is 9.90 Å². The molecular weight excluding hydrogens is 352 g/mol. The van der Waals surface area contributed by atoms with Crippen LogP contribution >= 0.6 is 0 Å². The number of carboxylic acid groups (broad SMARTS) is 1. The van der Waals surface area contributed by atoms with E-state index in [0.717, 1.165) is 19.3 Å². The Kier molecular flexibility index (Phi) is 5.87. The molecule has 0 spiro atoms. The first-order valence-electron chi connectivity index (χ1n) is 9.85. The first-order chi connectivity index (χ1) is 12.8. The van der Waals surface area contributed by atoms with Crippen LogP contribution in [0.3, 0.4) is 0 Å². The highest BCUT2D eigenvalue weighted by molar-refractivity contribution is 6.99. The zero-order valence-corrected chi connectivity index (χ0v) is 17.5. The zero-order valence-electron chi connectivity index (χ0n) is 16.5. The van der Waals surface area contributed by atoms with Crippen molar-refractivity contribution in [3.63, 3.8) is 0 Å². The molecule has 1 aliphatic carbocycles. The molecule has 3 nitrogen and oxygen atoms in total. The third kappa shape index (κ3) is 4.02. The lowest BCUT2D eigenvalue weighted by Crippen LogP contribution is -2.68. The Balaban J connectivity index is 2.11. The van der Waals surface area contributed by atoms with Crippen molar-refractivity contribution in [2.24, 2.45) is 5.92 Å². The molecule has 0 unspecified atom stereocenters. The quantitative estimate of drug-likeness (QED) is 0.762. The molecule has 0 heterocycles. The van der Waals surface area contributed by atoms with E-state index in [1.165, 1.54) is 10.4 Å². The van der Waals surface area contributed by atoms with Gasteiger partial charge >= 0.3 is 5.97 Å². The van der Waals surface area contributed by atoms with Crippen molar-refractivity contribution < 1.29 is 14.3 Å². The first kappa shape index (κ1) is 19.8. The summed E-state index contributed by atoms with van der Waals surface area (Å²) in [5.41, 5.74) is 0. The molecule has 27 heavy (non-hydrogen) atoms. The van der Waals surface area contributed by atoms with Gasteiger partial charge in [0.1, 0.15) is 0 Å². The third-order valence-electron chi connectivity index (χ3n) is 5.77. The Morgan fingerprint density at radius 1 is 1.00 bits per heavy atom. The molecule has 0 amide bonds. The van der Waals surface area contributed by atoms with E-state index in [1.54, 1.807) is 0 Å². The highest BCUT2D eigenvalue weighted by Gasteiger charge is 2.52. The predicted molar refractivity (Wildman–Crippen MR) is 112 cm³/mol. The van der Waals surface area contributed by atoms with Gasteiger partial charge in [-0.05, 0) is 34.2 Å². The highest BCUT2D eigenvalue weighted by Crippen LogP contribution is 2.41. The normalized spacial score (nSPS) is 20.6. The van der Waals surface area contributed by atoms with Crippen molar-refractivity contribution in [1.82, 2.24) is 0 Å². The van der Waals surface area contributed by atoms with Crippen LogP contribution in [-0.4, -0.2) is 25.5 Å². The van der Waals surface area contributed by atoms with Gasteiger partial charge in [0, 0.05) is 6.10 Å². The number of carbonyl (C=O) groups is 1. The largest absolute Gasteiger partial charge is 0.481 e. The summed E-state index contributed by atoms with van der Waals surface area (Å²) in [6.45, 7) is 6.79. The molecule has 0 aromatic heterocycles. The van der Waals surface area contributed by atoms with E-state index in [1.807, 2.05) is 12.1 Å². The lowest BCUT2D eigenvalue weighted by molar-refractivity contribution is -0.138. The van der Waals surface area contributed by atoms with Gasteiger partial charge in [0.05, 0.1) is 6.42 Å². The van der Waals surface area contributed by atoms with Crippen LogP contribution in [0.25, 0.3) is 0 Å². The van der Waals surface area contributed by atoms with Crippen molar-refractivity contribution in [2.45, 2.75) is 57.6 Å². The summed E-state index contributed by atoms with van der Waals surface area (Å²) >= 11 is 0. The van der Waals surface area contributed by atoms with Crippen LogP contribution in [0.2, 0.25) is 5.04 Å². The number of aliphatic carboxylic acids is 1. The fourth-order valence-electron chi connectivity index (χ4n) is 4.53. The minimum Gasteiger partial charge on any atom is -0.481 e. The summed E-state index contributed by atoms with van der Waals surface area (Å²) < 4.78 is 7.12. The van der Waals surface area contributed by atoms with Crippen LogP contribution in [0.5, 0.6) is 0 Å². The Morgan fingerprint density at radius 3 is 1.96 bits per heavy atom. The van der Waals surface area contributed by atoms with Crippen LogP contribution in [0.1, 0.15) is 46.5 Å². The summed E-state index contributed by atoms with van der Waals surface area (Å²) in [5, 5.41) is 11.8. The molecule has 2 aromatic carbocycles. The summed E-state index contributed by atoms with van der Waals surface area (Å²) in [4.78, 5) is 11.4. The molecule has 2 atom stereocenters. The van der Waals surface area contributed by atoms with Gasteiger partial charge in [0.15, 0.2) is 0 Å². The van der Waals surface area contributed by atoms with Crippen molar-refractivity contribution >= 4 is 24.7 Å². The second kappa shape index (κ2) is 7.99. The summed E-state index contributed by atoms with van der Waals surface area (Å²) in [5.74, 6) is -0.623. The monoisotopic (exact) mass is 382 g/mol. The van der Waals surface area contributed by atoms with Gasteiger partial charge in [-0.1, -0.05) is 87.9 Å². The zero-order chi connectivity index (χ0) is 19.5. The molecular formula is C23H30O3Si. The van der Waals surface area contributed by atoms with Crippen LogP contribution in [-0.2, 0) is 9.22 Å². The summed E-state index contributed by atoms with van der Waals surface area (Å²) in [6, 6.07) is 21.2. The average Bonchev–Trinajstić information content (AvgIpc) is 3.06. The van der Waals surface area contributed by atoms with E-state index in [4.69, 9.17) is 4.43 Å². The summed E-state index contributed by atoms with van der Waals surface area (Å²) in [6.07, 6.45) is 3.13. The highest BCUT2D eigenvalue weighted by atomic mass is 28.4. The van der Waals surface area contributed by atoms with E-state index in [2.05, 4.69) is 69.3 Å². The van der Waals surface area contributed by atoms with Gasteiger partial charge in [0.25, 0.3) is 8.32 Å². The number of carboxylic acids is 1. The molecule has 4 heteroatoms. The maximum absolute atomic E-state index is 11.4. The van der Waals surface area contributed by atoms with Crippen molar-refractivity contribution in [3.05, 3.63) is 60.7 Å². The fraction of sp³-hybridized carbons (Fsp3) is 0.435. The van der Waals surface area contributed by atoms with Crippen LogP contribution in [0.4, 0.5) is 0 Å². The first-order valence-corrected chi connectivity index (χ1v) is 11.8. The SMILES string of the molecule is CC(C)(C)[Si](O[C@H]1CCC[C@H]1CC(=O)O)(c1ccccc1)c1ccccc1. The van der Waals surface area contributed by atoms with Crippen molar-refractivity contribution in [1.29, 1.82) is 0 Å². The second-order valence-corrected chi connectivity index (χ2v) is 12.9. The number of hydrogen-bond donors (Lipinski definition) is 1. The molecule has 2 aromatic rings. The Morgan fingerprint density at radius 2 is 1.52 bits per heavy atom. The Labute approximate surface area is 163 Å². The predicted octanol–water partition coefficient (Wildman–Crippen LogP) is 4.21. The van der Waals surface area contributed by atoms with E-state index >= 15 is 0 Å². The smallest absolute Gasteiger partial charge is 0.303 e. The molecule has 0 bridgehead atoms. The number of benzene rings is 2. The third-order valence-corrected chi connectivity index (χ3v) is 10.8. The van der Waals surface area contributed by atoms with Gasteiger partial charge in [-0.3, -0.25) is 4.79 Å². The van der Waals surface area contributed by atoms with E-state index in [0.29, 0.717) is 0 Å². The van der Waals surface area contributed by atoms with Crippen LogP contribution in [0.15, 0.2) is 60.7 Å². The Hall–Kier alpha value is -1.91. The Bertz CT molecular complexity index is 713. The molecule has 0 aliphatic heterocycles. The summed E-state index contributed by atoms with van der Waals surface area (Å²) in [7, 11) is -2.60. The lowest BCUT2D eigenvalue weighted by Gasteiger charge is -2.45. The molecule has 3 rings (SSSR count). The fourth-order valence-corrected chi connectivity index (χ4v) is 9.31. The number of hydrogen-bond acceptors (Lipinski definition) is 2. The molecule has 0 saturated heterocycles. The van der Waals surface area contributed by atoms with Gasteiger partial charge in [-0.15, -0.1) is 0 Å². The maximum atomic E-state index is 11.4. The molecule has 1 fully saturated rings. The van der Waals surface area contributed by atoms with Gasteiger partial charge in [-0.2, -0.15) is 0 Å². The average molecular weight is 383 g/mol. The van der Waals surface area contributed by atoms with E-state index < -0.39 is 14.3 Å². The number of rotatable bonds is 6. The minimum absolute atomic E-state index is 0.00686. The standard InChI is InChI=1S/C23H30O3Si/c1-23(2,3)27(19-12-6-4-7-13-19,20-14-8-5-9-15-20)26-21-16-10-11-18(21)17-22(24)25/h4-9,12-15,18,21H,10-11,16-17H2,1-3H3,(H,24,25)/t18-,21-/m0/s1. The molecule has 1 N–H and O–H groups in total. The van der Waals surface area contributed by atoms with Crippen LogP contribution in [0, 0.1) is 5.92 Å². The van der Waals surface area contributed by atoms with Crippen molar-refractivity contribution in [3.8, 4) is 0 Å². The molecule has 144 valence electrons. The molecule has 1 saturated carbocycles. The van der Waals surface area contributed by atoms with Crippen molar-refractivity contribution in [2.75, 3.05) is 0 Å². The van der Waals surface area contributed by atoms with Crippen LogP contribution < -0.4 is 10.4 Å². The van der Waals surface area contributed by atoms with Gasteiger partial charge < -0.3 is 9.53 Å². The van der Waals surface area contributed by atoms with E-state index in [-0.39, 0.29) is 23.5 Å². The minimum atomic E-state index is -2.60. The second-order valence-electron chi connectivity index (χ2n) is 8.61. The molecule has 0 radical (unpaired) electrons.